The van der Waals surface area contributed by atoms with E-state index in [9.17, 15) is 8.42 Å². The van der Waals surface area contributed by atoms with Crippen molar-refractivity contribution in [1.29, 1.82) is 0 Å². The van der Waals surface area contributed by atoms with Gasteiger partial charge in [-0.2, -0.15) is 0 Å². The van der Waals surface area contributed by atoms with Gasteiger partial charge in [-0.3, -0.25) is 4.40 Å². The first-order chi connectivity index (χ1) is 9.88. The summed E-state index contributed by atoms with van der Waals surface area (Å²) in [6, 6.07) is -0.433. The van der Waals surface area contributed by atoms with Crippen molar-refractivity contribution in [2.24, 2.45) is 0 Å². The summed E-state index contributed by atoms with van der Waals surface area (Å²) in [5, 5.41) is 2.44. The number of nitrogens with one attached hydrogen (secondary N) is 1. The van der Waals surface area contributed by atoms with Crippen LogP contribution in [0.25, 0.3) is 4.96 Å². The summed E-state index contributed by atoms with van der Waals surface area (Å²) in [4.78, 5) is 9.82. The Morgan fingerprint density at radius 1 is 1.48 bits per heavy atom. The predicted molar refractivity (Wildman–Crippen MR) is 83.1 cm³/mol. The second kappa shape index (κ2) is 5.05. The van der Waals surface area contributed by atoms with Crippen LogP contribution >= 0.6 is 22.7 Å². The van der Waals surface area contributed by atoms with Gasteiger partial charge in [0.1, 0.15) is 5.01 Å². The summed E-state index contributed by atoms with van der Waals surface area (Å²) >= 11 is 2.78. The van der Waals surface area contributed by atoms with E-state index in [1.165, 1.54) is 27.1 Å². The van der Waals surface area contributed by atoms with Gasteiger partial charge in [0.2, 0.25) is 0 Å². The fourth-order valence-electron chi connectivity index (χ4n) is 1.96. The van der Waals surface area contributed by atoms with E-state index in [1.807, 2.05) is 6.92 Å². The molecule has 3 N–H and O–H groups in total. The Morgan fingerprint density at radius 3 is 2.90 bits per heavy atom. The van der Waals surface area contributed by atoms with Crippen LogP contribution in [0.1, 0.15) is 22.9 Å². The van der Waals surface area contributed by atoms with Crippen LogP contribution in [0, 0.1) is 6.92 Å². The van der Waals surface area contributed by atoms with Crippen LogP contribution in [0.5, 0.6) is 0 Å². The lowest BCUT2D eigenvalue weighted by atomic mass is 10.4. The quantitative estimate of drug-likeness (QED) is 0.752. The van der Waals surface area contributed by atoms with Crippen LogP contribution in [0.4, 0.5) is 5.82 Å². The summed E-state index contributed by atoms with van der Waals surface area (Å²) < 4.78 is 29.2. The Balaban J connectivity index is 1.97. The van der Waals surface area contributed by atoms with Gasteiger partial charge in [-0.15, -0.1) is 22.7 Å². The molecule has 112 valence electrons. The summed E-state index contributed by atoms with van der Waals surface area (Å²) in [6.07, 6.45) is 3.35. The normalized spacial score (nSPS) is 13.8. The van der Waals surface area contributed by atoms with E-state index in [4.69, 9.17) is 5.73 Å². The number of imidazole rings is 1. The van der Waals surface area contributed by atoms with Crippen LogP contribution in [-0.2, 0) is 10.0 Å². The minimum atomic E-state index is -3.78. The molecular weight excluding hydrogens is 330 g/mol. The van der Waals surface area contributed by atoms with Crippen LogP contribution in [0.3, 0.4) is 0 Å². The molecule has 3 aromatic heterocycles. The average Bonchev–Trinajstić information content (AvgIpc) is 3.03. The van der Waals surface area contributed by atoms with Crippen molar-refractivity contribution >= 4 is 43.5 Å². The Bertz CT molecular complexity index is 892. The van der Waals surface area contributed by atoms with Crippen molar-refractivity contribution in [3.8, 4) is 0 Å². The van der Waals surface area contributed by atoms with Gasteiger partial charge < -0.3 is 5.73 Å². The smallest absolute Gasteiger partial charge is 0.261 e. The Morgan fingerprint density at radius 2 is 2.24 bits per heavy atom. The third-order valence-corrected chi connectivity index (χ3v) is 6.27. The van der Waals surface area contributed by atoms with E-state index in [2.05, 4.69) is 14.7 Å². The molecular formula is C11H13N5O2S3. The SMILES string of the molecule is Cc1cnc(C(C)NS(=O)(=O)c2c(N)nc3sccn23)s1. The van der Waals surface area contributed by atoms with Crippen LogP contribution < -0.4 is 10.5 Å². The molecule has 0 saturated heterocycles. The lowest BCUT2D eigenvalue weighted by Crippen LogP contribution is -2.28. The van der Waals surface area contributed by atoms with Crippen LogP contribution in [0.2, 0.25) is 0 Å². The molecule has 1 unspecified atom stereocenters. The molecule has 0 bridgehead atoms. The van der Waals surface area contributed by atoms with E-state index in [0.29, 0.717) is 9.97 Å². The highest BCUT2D eigenvalue weighted by molar-refractivity contribution is 7.89. The van der Waals surface area contributed by atoms with Crippen molar-refractivity contribution in [1.82, 2.24) is 19.1 Å². The molecule has 0 aliphatic carbocycles. The fourth-order valence-corrected chi connectivity index (χ4v) is 5.01. The van der Waals surface area contributed by atoms with Crippen LogP contribution in [0.15, 0.2) is 22.8 Å². The second-order valence-corrected chi connectivity index (χ2v) is 8.28. The van der Waals surface area contributed by atoms with Crippen LogP contribution in [-0.4, -0.2) is 22.8 Å². The predicted octanol–water partition coefficient (Wildman–Crippen LogP) is 1.78. The highest BCUT2D eigenvalue weighted by atomic mass is 32.2. The molecule has 7 nitrogen and oxygen atoms in total. The largest absolute Gasteiger partial charge is 0.381 e. The number of aromatic nitrogens is 3. The zero-order valence-corrected chi connectivity index (χ0v) is 13.7. The number of nitrogens with zero attached hydrogens (tertiary/aromatic N) is 3. The molecule has 0 aliphatic heterocycles. The summed E-state index contributed by atoms with van der Waals surface area (Å²) in [5.41, 5.74) is 5.74. The van der Waals surface area contributed by atoms with E-state index >= 15 is 0 Å². The van der Waals surface area contributed by atoms with Gasteiger partial charge in [-0.05, 0) is 13.8 Å². The first-order valence-corrected chi connectivity index (χ1v) is 9.22. The first-order valence-electron chi connectivity index (χ1n) is 6.04. The van der Waals surface area contributed by atoms with Gasteiger partial charge in [0, 0.05) is 22.7 Å². The molecule has 0 aliphatic rings. The van der Waals surface area contributed by atoms with Crippen molar-refractivity contribution in [3.63, 3.8) is 0 Å². The topological polar surface area (TPSA) is 102 Å². The van der Waals surface area contributed by atoms with E-state index in [0.717, 1.165) is 4.88 Å². The number of nitrogens with two attached hydrogens (primary N) is 1. The van der Waals surface area contributed by atoms with E-state index < -0.39 is 16.1 Å². The number of fused-ring (bicyclic) bond motifs is 1. The lowest BCUT2D eigenvalue weighted by molar-refractivity contribution is 0.562. The van der Waals surface area contributed by atoms with E-state index in [-0.39, 0.29) is 10.8 Å². The van der Waals surface area contributed by atoms with Gasteiger partial charge in [-0.1, -0.05) is 0 Å². The highest BCUT2D eigenvalue weighted by Crippen LogP contribution is 2.26. The maximum Gasteiger partial charge on any atom is 0.261 e. The molecule has 3 heterocycles. The zero-order valence-electron chi connectivity index (χ0n) is 11.3. The number of aryl methyl sites for hydroxylation is 1. The number of hydrogen-bond donors (Lipinski definition) is 2. The molecule has 0 amide bonds. The standard InChI is InChI=1S/C11H13N5O2S3/c1-6-5-13-9(20-6)7(2)15-21(17,18)10-8(12)14-11-16(10)3-4-19-11/h3-5,7,15H,12H2,1-2H3. The minimum absolute atomic E-state index is 0.00290. The molecule has 10 heteroatoms. The molecule has 3 aromatic rings. The van der Waals surface area contributed by atoms with Crippen molar-refractivity contribution in [3.05, 3.63) is 27.7 Å². The van der Waals surface area contributed by atoms with Crippen molar-refractivity contribution < 1.29 is 8.42 Å². The number of thiazole rings is 2. The lowest BCUT2D eigenvalue weighted by Gasteiger charge is -2.11. The van der Waals surface area contributed by atoms with Gasteiger partial charge in [-0.25, -0.2) is 23.1 Å². The fraction of sp³-hybridized carbons (Fsp3) is 0.273. The first kappa shape index (κ1) is 14.4. The van der Waals surface area contributed by atoms with Crippen molar-refractivity contribution in [2.45, 2.75) is 24.9 Å². The molecule has 0 saturated carbocycles. The number of hydrogen-bond acceptors (Lipinski definition) is 7. The molecule has 21 heavy (non-hydrogen) atoms. The van der Waals surface area contributed by atoms with Crippen molar-refractivity contribution in [2.75, 3.05) is 5.73 Å². The number of nitrogen functional groups attached to an aromatic ring is 1. The summed E-state index contributed by atoms with van der Waals surface area (Å²) in [5.74, 6) is -0.00290. The maximum absolute atomic E-state index is 12.5. The van der Waals surface area contributed by atoms with Gasteiger partial charge in [0.15, 0.2) is 15.8 Å². The minimum Gasteiger partial charge on any atom is -0.381 e. The molecule has 3 rings (SSSR count). The third-order valence-electron chi connectivity index (χ3n) is 2.84. The van der Waals surface area contributed by atoms with Gasteiger partial charge in [0.05, 0.1) is 6.04 Å². The summed E-state index contributed by atoms with van der Waals surface area (Å²) in [7, 11) is -3.78. The number of sulfonamides is 1. The second-order valence-electron chi connectivity index (χ2n) is 4.51. The highest BCUT2D eigenvalue weighted by Gasteiger charge is 2.27. The Hall–Kier alpha value is -1.49. The zero-order chi connectivity index (χ0) is 15.2. The molecule has 0 spiro atoms. The van der Waals surface area contributed by atoms with Gasteiger partial charge >= 0.3 is 0 Å². The summed E-state index contributed by atoms with van der Waals surface area (Å²) in [6.45, 7) is 3.67. The monoisotopic (exact) mass is 343 g/mol. The average molecular weight is 343 g/mol. The van der Waals surface area contributed by atoms with Gasteiger partial charge in [0.25, 0.3) is 10.0 Å². The number of rotatable bonds is 4. The molecule has 0 fully saturated rings. The Kier molecular flexibility index (Phi) is 3.48. The molecule has 0 aromatic carbocycles. The maximum atomic E-state index is 12.5. The van der Waals surface area contributed by atoms with E-state index in [1.54, 1.807) is 24.7 Å². The Labute approximate surface area is 129 Å². The molecule has 1 atom stereocenters. The third kappa shape index (κ3) is 2.55. The number of anilines is 1. The molecule has 0 radical (unpaired) electrons.